The molecule has 7 aromatic rings. The number of hydrogen-bond acceptors (Lipinski definition) is 3. The lowest BCUT2D eigenvalue weighted by Gasteiger charge is -2.26. The van der Waals surface area contributed by atoms with E-state index < -0.39 is 0 Å². The molecule has 206 valence electrons. The third kappa shape index (κ3) is 4.89. The molecule has 5 aromatic carbocycles. The normalized spacial score (nSPS) is 11.4. The minimum Gasteiger partial charge on any atom is -0.355 e. The van der Waals surface area contributed by atoms with E-state index in [0.717, 1.165) is 62.0 Å². The van der Waals surface area contributed by atoms with Crippen molar-refractivity contribution in [3.8, 4) is 22.5 Å². The topological polar surface area (TPSA) is 44.8 Å². The molecule has 0 aliphatic carbocycles. The van der Waals surface area contributed by atoms with Crippen LogP contribution in [0, 0.1) is 0 Å². The Labute approximate surface area is 251 Å². The molecule has 0 fully saturated rings. The first kappa shape index (κ1) is 26.2. The predicted molar refractivity (Wildman–Crippen MR) is 182 cm³/mol. The molecule has 0 aliphatic rings. The van der Waals surface area contributed by atoms with E-state index in [-0.39, 0.29) is 0 Å². The summed E-state index contributed by atoms with van der Waals surface area (Å²) in [6.45, 7) is 5.99. The fourth-order valence-electron chi connectivity index (χ4n) is 5.66. The lowest BCUT2D eigenvalue weighted by molar-refractivity contribution is 1.17. The molecule has 0 aliphatic heterocycles. The molecular weight excluding hydrogens is 524 g/mol. The Hall–Kier alpha value is -5.74. The number of aromatic amines is 1. The fraction of sp³-hybridized carbons (Fsp3) is 0.0256. The van der Waals surface area contributed by atoms with Gasteiger partial charge in [0.25, 0.3) is 0 Å². The Morgan fingerprint density at radius 2 is 1.16 bits per heavy atom. The van der Waals surface area contributed by atoms with E-state index in [1.54, 1.807) is 6.08 Å². The van der Waals surface area contributed by atoms with Gasteiger partial charge in [0.2, 0.25) is 0 Å². The number of benzene rings is 5. The van der Waals surface area contributed by atoms with Crippen molar-refractivity contribution in [1.82, 2.24) is 15.0 Å². The molecule has 4 heteroatoms. The van der Waals surface area contributed by atoms with Crippen LogP contribution in [0.25, 0.3) is 56.5 Å². The highest BCUT2D eigenvalue weighted by atomic mass is 15.1. The number of allylic oxidation sites excluding steroid dienone is 1. The molecule has 0 amide bonds. The quantitative estimate of drug-likeness (QED) is 0.213. The van der Waals surface area contributed by atoms with Crippen LogP contribution in [0.15, 0.2) is 140 Å². The van der Waals surface area contributed by atoms with E-state index in [4.69, 9.17) is 9.97 Å². The second-order valence-electron chi connectivity index (χ2n) is 10.4. The van der Waals surface area contributed by atoms with Gasteiger partial charge in [-0.1, -0.05) is 91.5 Å². The van der Waals surface area contributed by atoms with Crippen molar-refractivity contribution in [2.45, 2.75) is 6.92 Å². The molecule has 0 radical (unpaired) electrons. The van der Waals surface area contributed by atoms with Crippen molar-refractivity contribution >= 4 is 51.0 Å². The van der Waals surface area contributed by atoms with Gasteiger partial charge >= 0.3 is 0 Å². The number of fused-ring (bicyclic) bond motifs is 3. The minimum absolute atomic E-state index is 0.759. The smallest absolute Gasteiger partial charge is 0.0973 e. The van der Waals surface area contributed by atoms with Crippen molar-refractivity contribution in [3.05, 3.63) is 151 Å². The molecule has 2 aromatic heterocycles. The number of nitrogens with zero attached hydrogens (tertiary/aromatic N) is 3. The Morgan fingerprint density at radius 3 is 1.88 bits per heavy atom. The van der Waals surface area contributed by atoms with Crippen LogP contribution in [0.5, 0.6) is 0 Å². The van der Waals surface area contributed by atoms with Crippen LogP contribution in [0.4, 0.5) is 17.1 Å². The second-order valence-corrected chi connectivity index (χ2v) is 10.4. The Balaban J connectivity index is 1.36. The summed E-state index contributed by atoms with van der Waals surface area (Å²) in [5, 5.41) is 2.42. The first-order chi connectivity index (χ1) is 21.2. The standard InChI is InChI=1S/C39H30N4/c1-3-13-37-34(4-2)41-39(38(42-37)27-14-7-5-8-15-27)28-20-22-30(23-21-28)43(29-16-9-6-10-17-29)31-24-25-36-33(26-31)32-18-11-12-19-35(32)40-36/h3-26,40H,2H2,1H3/b13-3-. The monoisotopic (exact) mass is 554 g/mol. The molecule has 7 rings (SSSR count). The molecule has 0 saturated carbocycles. The Bertz CT molecular complexity index is 2090. The van der Waals surface area contributed by atoms with Gasteiger partial charge in [0.15, 0.2) is 0 Å². The number of aromatic nitrogens is 3. The van der Waals surface area contributed by atoms with E-state index >= 15 is 0 Å². The lowest BCUT2D eigenvalue weighted by atomic mass is 10.0. The summed E-state index contributed by atoms with van der Waals surface area (Å²) in [6.07, 6.45) is 5.73. The largest absolute Gasteiger partial charge is 0.355 e. The van der Waals surface area contributed by atoms with Crippen molar-refractivity contribution < 1.29 is 0 Å². The molecule has 0 saturated heterocycles. The van der Waals surface area contributed by atoms with Gasteiger partial charge in [-0.15, -0.1) is 0 Å². The number of nitrogens with one attached hydrogen (secondary N) is 1. The molecule has 0 unspecified atom stereocenters. The number of H-pyrrole nitrogens is 1. The first-order valence-corrected chi connectivity index (χ1v) is 14.4. The molecule has 43 heavy (non-hydrogen) atoms. The molecular formula is C39H30N4. The molecule has 0 spiro atoms. The zero-order valence-corrected chi connectivity index (χ0v) is 23.9. The summed E-state index contributed by atoms with van der Waals surface area (Å²) >= 11 is 0. The van der Waals surface area contributed by atoms with Gasteiger partial charge in [-0.05, 0) is 67.6 Å². The molecule has 2 heterocycles. The van der Waals surface area contributed by atoms with Crippen LogP contribution in [-0.2, 0) is 0 Å². The van der Waals surface area contributed by atoms with E-state index in [1.165, 1.54) is 10.8 Å². The zero-order chi connectivity index (χ0) is 29.2. The van der Waals surface area contributed by atoms with Crippen molar-refractivity contribution in [1.29, 1.82) is 0 Å². The maximum atomic E-state index is 5.06. The summed E-state index contributed by atoms with van der Waals surface area (Å²) in [5.41, 5.74) is 10.7. The number of rotatable bonds is 7. The molecule has 0 bridgehead atoms. The van der Waals surface area contributed by atoms with Gasteiger partial charge < -0.3 is 9.88 Å². The SMILES string of the molecule is C=Cc1nc(-c2ccc(N(c3ccccc3)c3ccc4[nH]c5ccccc5c4c3)cc2)c(-c2ccccc2)nc1/C=C\C. The van der Waals surface area contributed by atoms with Crippen molar-refractivity contribution in [2.75, 3.05) is 4.90 Å². The lowest BCUT2D eigenvalue weighted by Crippen LogP contribution is -2.09. The molecule has 0 atom stereocenters. The predicted octanol–water partition coefficient (Wildman–Crippen LogP) is 10.6. The van der Waals surface area contributed by atoms with Crippen molar-refractivity contribution in [2.24, 2.45) is 0 Å². The van der Waals surface area contributed by atoms with Gasteiger partial charge in [0.05, 0.1) is 22.8 Å². The van der Waals surface area contributed by atoms with E-state index in [2.05, 4.69) is 120 Å². The minimum atomic E-state index is 0.759. The molecule has 1 N–H and O–H groups in total. The zero-order valence-electron chi connectivity index (χ0n) is 23.9. The number of hydrogen-bond donors (Lipinski definition) is 1. The van der Waals surface area contributed by atoms with E-state index in [9.17, 15) is 0 Å². The van der Waals surface area contributed by atoms with Crippen LogP contribution >= 0.6 is 0 Å². The summed E-state index contributed by atoms with van der Waals surface area (Å²) in [7, 11) is 0. The Kier molecular flexibility index (Phi) is 6.86. The third-order valence-corrected chi connectivity index (χ3v) is 7.68. The van der Waals surface area contributed by atoms with Crippen LogP contribution in [0.3, 0.4) is 0 Å². The average molecular weight is 555 g/mol. The van der Waals surface area contributed by atoms with Crippen LogP contribution in [0.1, 0.15) is 18.3 Å². The molecule has 4 nitrogen and oxygen atoms in total. The average Bonchev–Trinajstić information content (AvgIpc) is 3.44. The Morgan fingerprint density at radius 1 is 0.581 bits per heavy atom. The highest BCUT2D eigenvalue weighted by Gasteiger charge is 2.17. The van der Waals surface area contributed by atoms with Gasteiger partial charge in [-0.3, -0.25) is 0 Å². The highest BCUT2D eigenvalue weighted by molar-refractivity contribution is 6.08. The van der Waals surface area contributed by atoms with Gasteiger partial charge in [-0.25, -0.2) is 9.97 Å². The number of anilines is 3. The summed E-state index contributed by atoms with van der Waals surface area (Å²) in [5.74, 6) is 0. The second kappa shape index (κ2) is 11.3. The number of para-hydroxylation sites is 2. The summed E-state index contributed by atoms with van der Waals surface area (Å²) in [6, 6.07) is 44.4. The van der Waals surface area contributed by atoms with Crippen LogP contribution < -0.4 is 4.90 Å². The van der Waals surface area contributed by atoms with Crippen molar-refractivity contribution in [3.63, 3.8) is 0 Å². The maximum Gasteiger partial charge on any atom is 0.0973 e. The van der Waals surface area contributed by atoms with Crippen LogP contribution in [-0.4, -0.2) is 15.0 Å². The fourth-order valence-corrected chi connectivity index (χ4v) is 5.66. The van der Waals surface area contributed by atoms with E-state index in [0.29, 0.717) is 0 Å². The maximum absolute atomic E-state index is 5.06. The summed E-state index contributed by atoms with van der Waals surface area (Å²) in [4.78, 5) is 15.9. The van der Waals surface area contributed by atoms with E-state index in [1.807, 2.05) is 43.3 Å². The van der Waals surface area contributed by atoms with Gasteiger partial charge in [0.1, 0.15) is 0 Å². The summed E-state index contributed by atoms with van der Waals surface area (Å²) < 4.78 is 0. The third-order valence-electron chi connectivity index (χ3n) is 7.68. The van der Waals surface area contributed by atoms with Crippen LogP contribution in [0.2, 0.25) is 0 Å². The van der Waals surface area contributed by atoms with Gasteiger partial charge in [-0.2, -0.15) is 0 Å². The highest BCUT2D eigenvalue weighted by Crippen LogP contribution is 2.39. The van der Waals surface area contributed by atoms with Gasteiger partial charge in [0, 0.05) is 50.0 Å². The first-order valence-electron chi connectivity index (χ1n) is 14.4.